The Morgan fingerprint density at radius 3 is 2.62 bits per heavy atom. The van der Waals surface area contributed by atoms with Gasteiger partial charge in [0.2, 0.25) is 0 Å². The number of nitrogens with two attached hydrogens (primary N) is 1. The largest absolute Gasteiger partial charge is 0.458 e. The predicted molar refractivity (Wildman–Crippen MR) is 60.6 cm³/mol. The maximum Gasteiger partial charge on any atom is 0.136 e. The quantitative estimate of drug-likeness (QED) is 0.684. The molecule has 0 radical (unpaired) electrons. The number of furan rings is 1. The molecule has 1 heterocycles. The van der Waals surface area contributed by atoms with E-state index in [9.17, 15) is 5.11 Å². The van der Waals surface area contributed by atoms with Gasteiger partial charge in [-0.15, -0.1) is 0 Å². The van der Waals surface area contributed by atoms with Crippen LogP contribution in [-0.2, 0) is 0 Å². The Kier molecular flexibility index (Phi) is 2.94. The molecule has 1 unspecified atom stereocenters. The number of hydrogen-bond donors (Lipinski definition) is 3. The van der Waals surface area contributed by atoms with Gasteiger partial charge in [0, 0.05) is 11.3 Å². The third kappa shape index (κ3) is 1.93. The van der Waals surface area contributed by atoms with Crippen molar-refractivity contribution in [2.45, 2.75) is 6.10 Å². The molecule has 84 valence electrons. The van der Waals surface area contributed by atoms with Gasteiger partial charge in [-0.3, -0.25) is 0 Å². The summed E-state index contributed by atoms with van der Waals surface area (Å²) in [6.45, 7) is -0.364. The van der Waals surface area contributed by atoms with E-state index in [1.165, 1.54) is 0 Å². The molecule has 2 rings (SSSR count). The number of nitrogen functional groups attached to an aromatic ring is 1. The molecular formula is C12H13NO3. The first-order valence-electron chi connectivity index (χ1n) is 4.96. The Labute approximate surface area is 92.9 Å². The van der Waals surface area contributed by atoms with Crippen molar-refractivity contribution in [3.63, 3.8) is 0 Å². The summed E-state index contributed by atoms with van der Waals surface area (Å²) < 4.78 is 5.41. The maximum atomic E-state index is 9.38. The summed E-state index contributed by atoms with van der Waals surface area (Å²) in [5, 5.41) is 18.2. The van der Waals surface area contributed by atoms with Gasteiger partial charge in [-0.1, -0.05) is 12.1 Å². The molecule has 0 spiro atoms. The van der Waals surface area contributed by atoms with Crippen molar-refractivity contribution in [3.8, 4) is 11.3 Å². The fourth-order valence-corrected chi connectivity index (χ4v) is 1.49. The summed E-state index contributed by atoms with van der Waals surface area (Å²) >= 11 is 0. The average Bonchev–Trinajstić information content (AvgIpc) is 2.78. The lowest BCUT2D eigenvalue weighted by molar-refractivity contribution is 0.0781. The van der Waals surface area contributed by atoms with Crippen LogP contribution < -0.4 is 5.73 Å². The van der Waals surface area contributed by atoms with Crippen molar-refractivity contribution in [1.29, 1.82) is 0 Å². The zero-order valence-corrected chi connectivity index (χ0v) is 8.63. The van der Waals surface area contributed by atoms with E-state index in [0.717, 1.165) is 5.56 Å². The Hall–Kier alpha value is -1.78. The van der Waals surface area contributed by atoms with Crippen LogP contribution in [0.25, 0.3) is 11.3 Å². The number of rotatable bonds is 3. The molecule has 0 aliphatic rings. The van der Waals surface area contributed by atoms with Gasteiger partial charge < -0.3 is 20.4 Å². The number of aliphatic hydroxyl groups excluding tert-OH is 2. The molecule has 0 bridgehead atoms. The lowest BCUT2D eigenvalue weighted by Gasteiger charge is -2.03. The molecule has 16 heavy (non-hydrogen) atoms. The number of hydrogen-bond acceptors (Lipinski definition) is 4. The van der Waals surface area contributed by atoms with Crippen molar-refractivity contribution in [2.24, 2.45) is 0 Å². The monoisotopic (exact) mass is 219 g/mol. The molecule has 0 amide bonds. The summed E-state index contributed by atoms with van der Waals surface area (Å²) in [4.78, 5) is 0. The van der Waals surface area contributed by atoms with Crippen LogP contribution in [0.2, 0.25) is 0 Å². The molecule has 4 heteroatoms. The molecule has 1 aromatic heterocycles. The van der Waals surface area contributed by atoms with Gasteiger partial charge in [-0.05, 0) is 24.3 Å². The van der Waals surface area contributed by atoms with E-state index < -0.39 is 6.10 Å². The van der Waals surface area contributed by atoms with E-state index in [4.69, 9.17) is 15.3 Å². The zero-order chi connectivity index (χ0) is 11.5. The predicted octanol–water partition coefficient (Wildman–Crippen LogP) is 1.55. The Balaban J connectivity index is 2.35. The van der Waals surface area contributed by atoms with Gasteiger partial charge in [0.1, 0.15) is 17.6 Å². The fraction of sp³-hybridized carbons (Fsp3) is 0.167. The number of benzene rings is 1. The lowest BCUT2D eigenvalue weighted by Crippen LogP contribution is -2.00. The fourth-order valence-electron chi connectivity index (χ4n) is 1.49. The zero-order valence-electron chi connectivity index (χ0n) is 8.63. The van der Waals surface area contributed by atoms with Crippen LogP contribution in [0, 0.1) is 0 Å². The summed E-state index contributed by atoms with van der Waals surface area (Å²) in [6, 6.07) is 10.7. The molecule has 0 aliphatic carbocycles. The van der Waals surface area contributed by atoms with E-state index in [1.807, 2.05) is 18.2 Å². The van der Waals surface area contributed by atoms with Crippen LogP contribution in [0.5, 0.6) is 0 Å². The highest BCUT2D eigenvalue weighted by molar-refractivity contribution is 5.72. The van der Waals surface area contributed by atoms with E-state index in [0.29, 0.717) is 17.2 Å². The first-order valence-corrected chi connectivity index (χ1v) is 4.96. The number of aliphatic hydroxyl groups is 2. The Morgan fingerprint density at radius 2 is 1.94 bits per heavy atom. The molecule has 0 aliphatic heterocycles. The molecule has 0 saturated carbocycles. The van der Waals surface area contributed by atoms with Crippen LogP contribution >= 0.6 is 0 Å². The molecule has 0 saturated heterocycles. The highest BCUT2D eigenvalue weighted by Crippen LogP contribution is 2.29. The summed E-state index contributed by atoms with van der Waals surface area (Å²) in [5.74, 6) is 0.918. The van der Waals surface area contributed by atoms with Crippen molar-refractivity contribution in [2.75, 3.05) is 12.3 Å². The normalized spacial score (nSPS) is 12.6. The molecular weight excluding hydrogens is 206 g/mol. The van der Waals surface area contributed by atoms with Crippen LogP contribution in [0.4, 0.5) is 5.69 Å². The standard InChI is InChI=1S/C12H13NO3/c13-9-4-2-1-3-8(9)11-5-6-12(16-11)10(15)7-14/h1-6,10,14-15H,7,13H2. The molecule has 0 fully saturated rings. The van der Waals surface area contributed by atoms with Crippen molar-refractivity contribution in [1.82, 2.24) is 0 Å². The van der Waals surface area contributed by atoms with Gasteiger partial charge in [0.25, 0.3) is 0 Å². The molecule has 1 aromatic carbocycles. The van der Waals surface area contributed by atoms with Crippen molar-refractivity contribution < 1.29 is 14.6 Å². The van der Waals surface area contributed by atoms with E-state index in [2.05, 4.69) is 0 Å². The lowest BCUT2D eigenvalue weighted by atomic mass is 10.1. The van der Waals surface area contributed by atoms with Gasteiger partial charge in [0.05, 0.1) is 6.61 Å². The van der Waals surface area contributed by atoms with Crippen molar-refractivity contribution in [3.05, 3.63) is 42.2 Å². The minimum absolute atomic E-state index is 0.334. The SMILES string of the molecule is Nc1ccccc1-c1ccc(C(O)CO)o1. The minimum Gasteiger partial charge on any atom is -0.458 e. The Morgan fingerprint density at radius 1 is 1.19 bits per heavy atom. The maximum absolute atomic E-state index is 9.38. The third-order valence-electron chi connectivity index (χ3n) is 2.35. The highest BCUT2D eigenvalue weighted by Gasteiger charge is 2.12. The third-order valence-corrected chi connectivity index (χ3v) is 2.35. The Bertz CT molecular complexity index is 479. The van der Waals surface area contributed by atoms with E-state index >= 15 is 0 Å². The second-order valence-corrected chi connectivity index (χ2v) is 3.49. The van der Waals surface area contributed by atoms with E-state index in [1.54, 1.807) is 18.2 Å². The molecule has 4 N–H and O–H groups in total. The average molecular weight is 219 g/mol. The second kappa shape index (κ2) is 4.38. The van der Waals surface area contributed by atoms with Gasteiger partial charge in [-0.2, -0.15) is 0 Å². The number of anilines is 1. The molecule has 2 aromatic rings. The van der Waals surface area contributed by atoms with Crippen LogP contribution in [0.15, 0.2) is 40.8 Å². The summed E-state index contributed by atoms with van der Waals surface area (Å²) in [7, 11) is 0. The molecule has 1 atom stereocenters. The van der Waals surface area contributed by atoms with Crippen molar-refractivity contribution >= 4 is 5.69 Å². The smallest absolute Gasteiger partial charge is 0.136 e. The van der Waals surface area contributed by atoms with Gasteiger partial charge in [0.15, 0.2) is 0 Å². The van der Waals surface area contributed by atoms with Crippen LogP contribution in [0.3, 0.4) is 0 Å². The topological polar surface area (TPSA) is 79.6 Å². The van der Waals surface area contributed by atoms with Crippen LogP contribution in [0.1, 0.15) is 11.9 Å². The molecule has 4 nitrogen and oxygen atoms in total. The summed E-state index contributed by atoms with van der Waals surface area (Å²) in [5.41, 5.74) is 7.19. The van der Waals surface area contributed by atoms with Gasteiger partial charge >= 0.3 is 0 Å². The highest BCUT2D eigenvalue weighted by atomic mass is 16.4. The first kappa shape index (κ1) is 10.7. The second-order valence-electron chi connectivity index (χ2n) is 3.49. The van der Waals surface area contributed by atoms with E-state index in [-0.39, 0.29) is 6.61 Å². The number of para-hydroxylation sites is 1. The van der Waals surface area contributed by atoms with Crippen LogP contribution in [-0.4, -0.2) is 16.8 Å². The summed E-state index contributed by atoms with van der Waals surface area (Å²) in [6.07, 6.45) is -0.987. The minimum atomic E-state index is -0.987. The first-order chi connectivity index (χ1) is 7.72. The van der Waals surface area contributed by atoms with Gasteiger partial charge in [-0.25, -0.2) is 0 Å².